The molecule has 2 rings (SSSR count). The number of amides is 1. The molecule has 16 heavy (non-hydrogen) atoms. The standard InChI is InChI=1S/C11H18N2O3/c12-11(5-6-11)8(14)13-7-10(9(15)16)3-1-2-4-10/h1-7,12H2,(H,13,14)(H,15,16). The molecule has 0 heterocycles. The van der Waals surface area contributed by atoms with Gasteiger partial charge in [-0.05, 0) is 25.7 Å². The van der Waals surface area contributed by atoms with Crippen molar-refractivity contribution in [3.05, 3.63) is 0 Å². The van der Waals surface area contributed by atoms with Gasteiger partial charge in [-0.15, -0.1) is 0 Å². The highest BCUT2D eigenvalue weighted by Gasteiger charge is 2.48. The van der Waals surface area contributed by atoms with Gasteiger partial charge in [0.05, 0.1) is 11.0 Å². The SMILES string of the molecule is NC1(C(=O)NCC2(C(=O)O)CCCC2)CC1. The van der Waals surface area contributed by atoms with Crippen LogP contribution in [0.15, 0.2) is 0 Å². The average Bonchev–Trinajstić information content (AvgIpc) is 2.83. The third-order valence-corrected chi connectivity index (χ3v) is 3.84. The summed E-state index contributed by atoms with van der Waals surface area (Å²) in [7, 11) is 0. The van der Waals surface area contributed by atoms with E-state index in [2.05, 4.69) is 5.32 Å². The summed E-state index contributed by atoms with van der Waals surface area (Å²) in [6.07, 6.45) is 4.57. The lowest BCUT2D eigenvalue weighted by atomic mass is 9.86. The molecule has 2 fully saturated rings. The molecule has 2 saturated carbocycles. The Morgan fingerprint density at radius 1 is 1.19 bits per heavy atom. The number of carboxylic acid groups (broad SMARTS) is 1. The molecule has 5 heteroatoms. The van der Waals surface area contributed by atoms with Crippen molar-refractivity contribution in [1.82, 2.24) is 5.32 Å². The summed E-state index contributed by atoms with van der Waals surface area (Å²) in [5.41, 5.74) is 4.28. The smallest absolute Gasteiger partial charge is 0.311 e. The Morgan fingerprint density at radius 3 is 2.19 bits per heavy atom. The number of rotatable bonds is 4. The van der Waals surface area contributed by atoms with E-state index in [1.165, 1.54) is 0 Å². The Kier molecular flexibility index (Phi) is 2.66. The molecule has 5 nitrogen and oxygen atoms in total. The fourth-order valence-electron chi connectivity index (χ4n) is 2.31. The van der Waals surface area contributed by atoms with Gasteiger partial charge >= 0.3 is 5.97 Å². The van der Waals surface area contributed by atoms with Gasteiger partial charge in [-0.1, -0.05) is 12.8 Å². The predicted molar refractivity (Wildman–Crippen MR) is 57.7 cm³/mol. The molecule has 2 aliphatic carbocycles. The lowest BCUT2D eigenvalue weighted by Crippen LogP contribution is -2.48. The molecule has 0 unspecified atom stereocenters. The topological polar surface area (TPSA) is 92.4 Å². The van der Waals surface area contributed by atoms with Crippen LogP contribution in [-0.2, 0) is 9.59 Å². The number of hydrogen-bond donors (Lipinski definition) is 3. The first-order valence-electron chi connectivity index (χ1n) is 5.79. The monoisotopic (exact) mass is 226 g/mol. The number of carbonyl (C=O) groups excluding carboxylic acids is 1. The maximum Gasteiger partial charge on any atom is 0.311 e. The molecule has 0 aliphatic heterocycles. The van der Waals surface area contributed by atoms with Crippen molar-refractivity contribution in [2.24, 2.45) is 11.1 Å². The van der Waals surface area contributed by atoms with E-state index < -0.39 is 16.9 Å². The van der Waals surface area contributed by atoms with Crippen LogP contribution in [0.3, 0.4) is 0 Å². The third-order valence-electron chi connectivity index (χ3n) is 3.84. The summed E-state index contributed by atoms with van der Waals surface area (Å²) in [5.74, 6) is -0.993. The lowest BCUT2D eigenvalue weighted by molar-refractivity contribution is -0.148. The van der Waals surface area contributed by atoms with E-state index in [4.69, 9.17) is 5.73 Å². The maximum atomic E-state index is 11.6. The molecule has 0 radical (unpaired) electrons. The van der Waals surface area contributed by atoms with Crippen molar-refractivity contribution in [3.63, 3.8) is 0 Å². The van der Waals surface area contributed by atoms with Crippen LogP contribution < -0.4 is 11.1 Å². The molecular formula is C11H18N2O3. The first-order chi connectivity index (χ1) is 7.49. The van der Waals surface area contributed by atoms with Gasteiger partial charge in [0.1, 0.15) is 0 Å². The average molecular weight is 226 g/mol. The van der Waals surface area contributed by atoms with E-state index in [0.717, 1.165) is 12.8 Å². The minimum atomic E-state index is -0.799. The first kappa shape index (κ1) is 11.4. The van der Waals surface area contributed by atoms with Crippen LogP contribution in [-0.4, -0.2) is 29.1 Å². The zero-order chi connectivity index (χ0) is 11.8. The van der Waals surface area contributed by atoms with E-state index in [1.54, 1.807) is 0 Å². The van der Waals surface area contributed by atoms with Gasteiger partial charge in [0.25, 0.3) is 0 Å². The van der Waals surface area contributed by atoms with Crippen molar-refractivity contribution in [2.75, 3.05) is 6.54 Å². The van der Waals surface area contributed by atoms with E-state index in [0.29, 0.717) is 25.7 Å². The van der Waals surface area contributed by atoms with Gasteiger partial charge in [-0.3, -0.25) is 9.59 Å². The summed E-state index contributed by atoms with van der Waals surface area (Å²) in [4.78, 5) is 22.8. The number of nitrogens with two attached hydrogens (primary N) is 1. The number of nitrogens with one attached hydrogen (secondary N) is 1. The highest BCUT2D eigenvalue weighted by atomic mass is 16.4. The van der Waals surface area contributed by atoms with Gasteiger partial charge < -0.3 is 16.2 Å². The lowest BCUT2D eigenvalue weighted by Gasteiger charge is -2.24. The highest BCUT2D eigenvalue weighted by Crippen LogP contribution is 2.38. The Bertz CT molecular complexity index is 317. The Hall–Kier alpha value is -1.10. The summed E-state index contributed by atoms with van der Waals surface area (Å²) in [6.45, 7) is 0.222. The summed E-state index contributed by atoms with van der Waals surface area (Å²) < 4.78 is 0. The minimum Gasteiger partial charge on any atom is -0.481 e. The van der Waals surface area contributed by atoms with Gasteiger partial charge in [0, 0.05) is 6.54 Å². The van der Waals surface area contributed by atoms with Crippen molar-refractivity contribution in [2.45, 2.75) is 44.1 Å². The Morgan fingerprint density at radius 2 is 1.75 bits per heavy atom. The Balaban J connectivity index is 1.92. The fraction of sp³-hybridized carbons (Fsp3) is 0.818. The van der Waals surface area contributed by atoms with Gasteiger partial charge in [-0.2, -0.15) is 0 Å². The van der Waals surface area contributed by atoms with Gasteiger partial charge in [0.15, 0.2) is 0 Å². The van der Waals surface area contributed by atoms with Gasteiger partial charge in [-0.25, -0.2) is 0 Å². The van der Waals surface area contributed by atoms with E-state index >= 15 is 0 Å². The fourth-order valence-corrected chi connectivity index (χ4v) is 2.31. The van der Waals surface area contributed by atoms with Crippen molar-refractivity contribution >= 4 is 11.9 Å². The van der Waals surface area contributed by atoms with E-state index in [9.17, 15) is 14.7 Å². The maximum absolute atomic E-state index is 11.6. The summed E-state index contributed by atoms with van der Waals surface area (Å²) in [6, 6.07) is 0. The van der Waals surface area contributed by atoms with Crippen molar-refractivity contribution in [3.8, 4) is 0 Å². The zero-order valence-electron chi connectivity index (χ0n) is 9.29. The second kappa shape index (κ2) is 3.73. The molecular weight excluding hydrogens is 208 g/mol. The van der Waals surface area contributed by atoms with Crippen molar-refractivity contribution < 1.29 is 14.7 Å². The molecule has 0 saturated heterocycles. The number of carboxylic acids is 1. The van der Waals surface area contributed by atoms with Crippen LogP contribution in [0.4, 0.5) is 0 Å². The van der Waals surface area contributed by atoms with Crippen LogP contribution in [0.2, 0.25) is 0 Å². The molecule has 0 aromatic rings. The molecule has 1 amide bonds. The third kappa shape index (κ3) is 1.91. The number of aliphatic carboxylic acids is 1. The number of hydrogen-bond acceptors (Lipinski definition) is 3. The normalized spacial score (nSPS) is 25.1. The number of carbonyl (C=O) groups is 2. The first-order valence-corrected chi connectivity index (χ1v) is 5.79. The van der Waals surface area contributed by atoms with Crippen LogP contribution >= 0.6 is 0 Å². The summed E-state index contributed by atoms with van der Waals surface area (Å²) in [5, 5.41) is 11.9. The second-order valence-corrected chi connectivity index (χ2v) is 5.13. The van der Waals surface area contributed by atoms with Crippen LogP contribution in [0.5, 0.6) is 0 Å². The quantitative estimate of drug-likeness (QED) is 0.640. The Labute approximate surface area is 94.4 Å². The van der Waals surface area contributed by atoms with Crippen LogP contribution in [0, 0.1) is 5.41 Å². The van der Waals surface area contributed by atoms with Crippen molar-refractivity contribution in [1.29, 1.82) is 0 Å². The second-order valence-electron chi connectivity index (χ2n) is 5.13. The molecule has 90 valence electrons. The molecule has 4 N–H and O–H groups in total. The van der Waals surface area contributed by atoms with E-state index in [-0.39, 0.29) is 12.5 Å². The predicted octanol–water partition coefficient (Wildman–Crippen LogP) is 0.239. The molecule has 0 spiro atoms. The molecule has 0 aromatic carbocycles. The van der Waals surface area contributed by atoms with Gasteiger partial charge in [0.2, 0.25) is 5.91 Å². The largest absolute Gasteiger partial charge is 0.481 e. The minimum absolute atomic E-state index is 0.194. The zero-order valence-corrected chi connectivity index (χ0v) is 9.29. The molecule has 0 atom stereocenters. The molecule has 0 aromatic heterocycles. The summed E-state index contributed by atoms with van der Waals surface area (Å²) >= 11 is 0. The van der Waals surface area contributed by atoms with E-state index in [1.807, 2.05) is 0 Å². The van der Waals surface area contributed by atoms with Crippen LogP contribution in [0.25, 0.3) is 0 Å². The highest BCUT2D eigenvalue weighted by molar-refractivity contribution is 5.89. The molecule has 2 aliphatic rings. The van der Waals surface area contributed by atoms with Crippen LogP contribution in [0.1, 0.15) is 38.5 Å². The molecule has 0 bridgehead atoms.